The van der Waals surface area contributed by atoms with Crippen molar-refractivity contribution in [3.63, 3.8) is 0 Å². The highest BCUT2D eigenvalue weighted by Gasteiger charge is 2.19. The largest absolute Gasteiger partial charge is 0.504 e. The quantitative estimate of drug-likeness (QED) is 0.569. The summed E-state index contributed by atoms with van der Waals surface area (Å²) in [5.41, 5.74) is 1.02. The summed E-state index contributed by atoms with van der Waals surface area (Å²) >= 11 is 0. The van der Waals surface area contributed by atoms with Crippen LogP contribution in [0.15, 0.2) is 18.2 Å². The van der Waals surface area contributed by atoms with Crippen molar-refractivity contribution in [3.05, 3.63) is 23.8 Å². The average molecular weight is 249 g/mol. The Bertz CT molecular complexity index is 392. The van der Waals surface area contributed by atoms with Gasteiger partial charge in [0.25, 0.3) is 0 Å². The van der Waals surface area contributed by atoms with Gasteiger partial charge in [-0.3, -0.25) is 0 Å². The fraction of sp³-hybridized carbons (Fsp3) is 0.600. The molecule has 1 saturated carbocycles. The van der Waals surface area contributed by atoms with Crippen LogP contribution in [-0.4, -0.2) is 16.3 Å². The summed E-state index contributed by atoms with van der Waals surface area (Å²) in [6.07, 6.45) is 6.55. The molecule has 0 aliphatic heterocycles. The van der Waals surface area contributed by atoms with Crippen molar-refractivity contribution in [2.75, 3.05) is 0 Å². The smallest absolute Gasteiger partial charge is 0.157 e. The minimum absolute atomic E-state index is 0.0387. The molecule has 100 valence electrons. The van der Waals surface area contributed by atoms with E-state index in [-0.39, 0.29) is 11.5 Å². The maximum atomic E-state index is 9.46. The molecule has 2 atom stereocenters. The molecule has 1 aliphatic carbocycles. The van der Waals surface area contributed by atoms with Crippen LogP contribution in [0.2, 0.25) is 0 Å². The van der Waals surface area contributed by atoms with Gasteiger partial charge in [-0.25, -0.2) is 0 Å². The van der Waals surface area contributed by atoms with Crippen LogP contribution in [-0.2, 0) is 6.54 Å². The van der Waals surface area contributed by atoms with Crippen LogP contribution in [0, 0.1) is 5.92 Å². The number of nitrogens with one attached hydrogen (secondary N) is 1. The Balaban J connectivity index is 1.91. The van der Waals surface area contributed by atoms with E-state index in [0.717, 1.165) is 18.0 Å². The molecule has 2 rings (SSSR count). The molecule has 1 aromatic rings. The second-order valence-corrected chi connectivity index (χ2v) is 5.43. The Kier molecular flexibility index (Phi) is 4.48. The second-order valence-electron chi connectivity index (χ2n) is 5.43. The number of rotatable bonds is 3. The van der Waals surface area contributed by atoms with Crippen molar-refractivity contribution in [2.24, 2.45) is 5.92 Å². The molecule has 1 aromatic carbocycles. The molecule has 0 spiro atoms. The summed E-state index contributed by atoms with van der Waals surface area (Å²) in [6, 6.07) is 5.60. The van der Waals surface area contributed by atoms with Gasteiger partial charge in [-0.2, -0.15) is 0 Å². The average Bonchev–Trinajstić information content (AvgIpc) is 2.56. The van der Waals surface area contributed by atoms with Crippen LogP contribution < -0.4 is 5.32 Å². The lowest BCUT2D eigenvalue weighted by molar-refractivity contribution is 0.355. The predicted molar refractivity (Wildman–Crippen MR) is 72.6 cm³/mol. The topological polar surface area (TPSA) is 52.5 Å². The minimum Gasteiger partial charge on any atom is -0.504 e. The van der Waals surface area contributed by atoms with E-state index < -0.39 is 0 Å². The fourth-order valence-corrected chi connectivity index (χ4v) is 2.72. The maximum Gasteiger partial charge on any atom is 0.157 e. The summed E-state index contributed by atoms with van der Waals surface area (Å²) in [6.45, 7) is 3.07. The van der Waals surface area contributed by atoms with Crippen LogP contribution in [0.3, 0.4) is 0 Å². The molecular weight excluding hydrogens is 226 g/mol. The molecule has 0 bridgehead atoms. The molecule has 0 saturated heterocycles. The molecule has 0 amide bonds. The predicted octanol–water partition coefficient (Wildman–Crippen LogP) is 3.16. The number of hydrogen-bond acceptors (Lipinski definition) is 3. The molecule has 3 heteroatoms. The molecule has 0 heterocycles. The van der Waals surface area contributed by atoms with Crippen LogP contribution in [0.5, 0.6) is 11.5 Å². The van der Waals surface area contributed by atoms with Gasteiger partial charge in [0.2, 0.25) is 0 Å². The Morgan fingerprint density at radius 3 is 2.67 bits per heavy atom. The van der Waals surface area contributed by atoms with Crippen molar-refractivity contribution in [1.82, 2.24) is 5.32 Å². The van der Waals surface area contributed by atoms with Crippen molar-refractivity contribution >= 4 is 0 Å². The van der Waals surface area contributed by atoms with Crippen LogP contribution in [0.1, 0.15) is 44.6 Å². The van der Waals surface area contributed by atoms with Gasteiger partial charge in [0.15, 0.2) is 11.5 Å². The number of phenols is 2. The molecule has 1 fully saturated rings. The third kappa shape index (κ3) is 3.39. The molecule has 3 nitrogen and oxygen atoms in total. The van der Waals surface area contributed by atoms with Crippen LogP contribution in [0.25, 0.3) is 0 Å². The molecule has 0 radical (unpaired) electrons. The molecule has 1 aliphatic rings. The van der Waals surface area contributed by atoms with E-state index in [1.54, 1.807) is 12.1 Å². The lowest BCUT2D eigenvalue weighted by Crippen LogP contribution is -2.33. The van der Waals surface area contributed by atoms with Crippen molar-refractivity contribution in [3.8, 4) is 11.5 Å². The van der Waals surface area contributed by atoms with Crippen molar-refractivity contribution in [2.45, 2.75) is 51.6 Å². The number of benzene rings is 1. The highest BCUT2D eigenvalue weighted by atomic mass is 16.3. The Morgan fingerprint density at radius 1 is 1.11 bits per heavy atom. The fourth-order valence-electron chi connectivity index (χ4n) is 2.72. The van der Waals surface area contributed by atoms with E-state index in [2.05, 4.69) is 12.2 Å². The number of hydrogen-bond donors (Lipinski definition) is 3. The summed E-state index contributed by atoms with van der Waals surface area (Å²) in [5.74, 6) is 0.628. The Labute approximate surface area is 109 Å². The van der Waals surface area contributed by atoms with E-state index in [1.807, 2.05) is 6.07 Å². The standard InChI is InChI=1S/C15H23NO2/c1-11-5-3-2-4-6-13(11)16-10-12-7-8-14(17)15(18)9-12/h7-9,11,13,16-18H,2-6,10H2,1H3. The zero-order valence-electron chi connectivity index (χ0n) is 11.0. The normalized spacial score (nSPS) is 24.7. The Hall–Kier alpha value is -1.22. The van der Waals surface area contributed by atoms with E-state index in [1.165, 1.54) is 32.1 Å². The molecular formula is C15H23NO2. The Morgan fingerprint density at radius 2 is 1.89 bits per heavy atom. The van der Waals surface area contributed by atoms with Gasteiger partial charge in [0, 0.05) is 12.6 Å². The molecule has 18 heavy (non-hydrogen) atoms. The zero-order valence-corrected chi connectivity index (χ0v) is 11.0. The third-order valence-electron chi connectivity index (χ3n) is 3.97. The summed E-state index contributed by atoms with van der Waals surface area (Å²) in [4.78, 5) is 0. The van der Waals surface area contributed by atoms with E-state index >= 15 is 0 Å². The first kappa shape index (κ1) is 13.2. The molecule has 0 aromatic heterocycles. The maximum absolute atomic E-state index is 9.46. The minimum atomic E-state index is -0.0541. The highest BCUT2D eigenvalue weighted by molar-refractivity contribution is 5.40. The van der Waals surface area contributed by atoms with Crippen molar-refractivity contribution < 1.29 is 10.2 Å². The number of phenolic OH excluding ortho intramolecular Hbond substituents is 2. The van der Waals surface area contributed by atoms with E-state index in [0.29, 0.717) is 6.04 Å². The monoisotopic (exact) mass is 249 g/mol. The first-order valence-electron chi connectivity index (χ1n) is 6.91. The van der Waals surface area contributed by atoms with Gasteiger partial charge in [0.1, 0.15) is 0 Å². The van der Waals surface area contributed by atoms with Gasteiger partial charge in [-0.1, -0.05) is 32.3 Å². The van der Waals surface area contributed by atoms with Gasteiger partial charge in [-0.05, 0) is 36.5 Å². The summed E-state index contributed by atoms with van der Waals surface area (Å²) in [5, 5.41) is 22.3. The first-order valence-corrected chi connectivity index (χ1v) is 6.91. The van der Waals surface area contributed by atoms with Crippen LogP contribution in [0.4, 0.5) is 0 Å². The third-order valence-corrected chi connectivity index (χ3v) is 3.97. The zero-order chi connectivity index (χ0) is 13.0. The lowest BCUT2D eigenvalue weighted by atomic mass is 9.97. The summed E-state index contributed by atoms with van der Waals surface area (Å²) in [7, 11) is 0. The van der Waals surface area contributed by atoms with E-state index in [9.17, 15) is 10.2 Å². The van der Waals surface area contributed by atoms with Crippen LogP contribution >= 0.6 is 0 Å². The summed E-state index contributed by atoms with van der Waals surface area (Å²) < 4.78 is 0. The lowest BCUT2D eigenvalue weighted by Gasteiger charge is -2.23. The van der Waals surface area contributed by atoms with Gasteiger partial charge in [0.05, 0.1) is 0 Å². The first-order chi connectivity index (χ1) is 8.66. The second kappa shape index (κ2) is 6.10. The van der Waals surface area contributed by atoms with E-state index in [4.69, 9.17) is 0 Å². The van der Waals surface area contributed by atoms with Crippen molar-refractivity contribution in [1.29, 1.82) is 0 Å². The SMILES string of the molecule is CC1CCCCCC1NCc1ccc(O)c(O)c1. The van der Waals surface area contributed by atoms with Gasteiger partial charge >= 0.3 is 0 Å². The van der Waals surface area contributed by atoms with Gasteiger partial charge in [-0.15, -0.1) is 0 Å². The molecule has 2 unspecified atom stereocenters. The highest BCUT2D eigenvalue weighted by Crippen LogP contribution is 2.26. The number of aromatic hydroxyl groups is 2. The van der Waals surface area contributed by atoms with Gasteiger partial charge < -0.3 is 15.5 Å². The molecule has 3 N–H and O–H groups in total.